The Kier molecular flexibility index (Phi) is 0.651. The second-order valence-electron chi connectivity index (χ2n) is 3.25. The van der Waals surface area contributed by atoms with E-state index in [9.17, 15) is 4.79 Å². The van der Waals surface area contributed by atoms with Gasteiger partial charge in [0.05, 0.1) is 0 Å². The first-order valence-electron chi connectivity index (χ1n) is 3.33. The third-order valence-corrected chi connectivity index (χ3v) is 2.56. The van der Waals surface area contributed by atoms with E-state index in [1.165, 1.54) is 19.3 Å². The molecule has 0 heterocycles. The van der Waals surface area contributed by atoms with Crippen LogP contribution in [0.3, 0.4) is 0 Å². The lowest BCUT2D eigenvalue weighted by Crippen LogP contribution is -2.42. The van der Waals surface area contributed by atoms with Crippen molar-refractivity contribution >= 4 is 5.78 Å². The number of hydrogen-bond acceptors (Lipinski definition) is 1. The molecule has 0 atom stereocenters. The Labute approximate surface area is 49.1 Å². The van der Waals surface area contributed by atoms with Crippen LogP contribution in [-0.2, 0) is 4.79 Å². The fourth-order valence-corrected chi connectivity index (χ4v) is 1.82. The van der Waals surface area contributed by atoms with E-state index in [2.05, 4.69) is 0 Å². The molecule has 2 aliphatic rings. The zero-order chi connectivity index (χ0) is 5.61. The number of hydrogen-bond donors (Lipinski definition) is 0. The Morgan fingerprint density at radius 1 is 1.25 bits per heavy atom. The van der Waals surface area contributed by atoms with Crippen LogP contribution in [0.25, 0.3) is 0 Å². The normalized spacial score (nSPS) is 31.8. The predicted molar refractivity (Wildman–Crippen MR) is 30.5 cm³/mol. The van der Waals surface area contributed by atoms with Gasteiger partial charge in [0.1, 0.15) is 5.78 Å². The van der Waals surface area contributed by atoms with Crippen molar-refractivity contribution in [2.75, 3.05) is 0 Å². The Morgan fingerprint density at radius 3 is 2.00 bits per heavy atom. The van der Waals surface area contributed by atoms with Crippen molar-refractivity contribution in [3.63, 3.8) is 0 Å². The fraction of sp³-hybridized carbons (Fsp3) is 0.857. The van der Waals surface area contributed by atoms with Gasteiger partial charge < -0.3 is 0 Å². The van der Waals surface area contributed by atoms with Crippen LogP contribution in [0.1, 0.15) is 32.1 Å². The van der Waals surface area contributed by atoms with Gasteiger partial charge in [0, 0.05) is 12.8 Å². The Balaban J connectivity index is 2.01. The average Bonchev–Trinajstić information content (AvgIpc) is 1.51. The summed E-state index contributed by atoms with van der Waals surface area (Å²) >= 11 is 0. The van der Waals surface area contributed by atoms with Gasteiger partial charge >= 0.3 is 0 Å². The maximum atomic E-state index is 10.5. The summed E-state index contributed by atoms with van der Waals surface area (Å²) in [6.45, 7) is 0. The third kappa shape index (κ3) is 0.396. The Morgan fingerprint density at radius 2 is 1.88 bits per heavy atom. The smallest absolute Gasteiger partial charge is 0.134 e. The lowest BCUT2D eigenvalue weighted by atomic mass is 9.56. The van der Waals surface area contributed by atoms with Crippen LogP contribution in [0.5, 0.6) is 0 Å². The molecule has 0 unspecified atom stereocenters. The number of carbonyl (C=O) groups excluding carboxylic acids is 1. The highest BCUT2D eigenvalue weighted by Gasteiger charge is 2.47. The first-order valence-corrected chi connectivity index (χ1v) is 3.33. The van der Waals surface area contributed by atoms with Crippen molar-refractivity contribution < 1.29 is 4.79 Å². The van der Waals surface area contributed by atoms with Crippen LogP contribution < -0.4 is 0 Å². The molecule has 2 aliphatic carbocycles. The summed E-state index contributed by atoms with van der Waals surface area (Å²) < 4.78 is 0. The summed E-state index contributed by atoms with van der Waals surface area (Å²) in [5, 5.41) is 0. The van der Waals surface area contributed by atoms with Gasteiger partial charge in [0.25, 0.3) is 0 Å². The molecule has 2 fully saturated rings. The summed E-state index contributed by atoms with van der Waals surface area (Å²) in [5.74, 6) is 0.490. The lowest BCUT2D eigenvalue weighted by molar-refractivity contribution is -0.137. The molecule has 0 radical (unpaired) electrons. The zero-order valence-corrected chi connectivity index (χ0v) is 4.94. The van der Waals surface area contributed by atoms with Crippen molar-refractivity contribution in [2.45, 2.75) is 32.1 Å². The van der Waals surface area contributed by atoms with Crippen LogP contribution in [0.4, 0.5) is 0 Å². The van der Waals surface area contributed by atoms with E-state index in [0.29, 0.717) is 11.2 Å². The van der Waals surface area contributed by atoms with Crippen molar-refractivity contribution in [3.8, 4) is 0 Å². The molecule has 8 heavy (non-hydrogen) atoms. The van der Waals surface area contributed by atoms with Gasteiger partial charge in [-0.25, -0.2) is 0 Å². The van der Waals surface area contributed by atoms with E-state index in [1.54, 1.807) is 0 Å². The molecule has 0 bridgehead atoms. The molecule has 2 rings (SSSR count). The largest absolute Gasteiger partial charge is 0.300 e. The maximum absolute atomic E-state index is 10.5. The molecule has 0 aromatic heterocycles. The predicted octanol–water partition coefficient (Wildman–Crippen LogP) is 1.52. The second kappa shape index (κ2) is 1.15. The molecule has 0 saturated heterocycles. The van der Waals surface area contributed by atoms with Crippen LogP contribution in [0.15, 0.2) is 0 Å². The topological polar surface area (TPSA) is 17.1 Å². The molecular weight excluding hydrogens is 100 g/mol. The molecule has 1 heteroatoms. The highest BCUT2D eigenvalue weighted by Crippen LogP contribution is 2.53. The van der Waals surface area contributed by atoms with Gasteiger partial charge in [0.2, 0.25) is 0 Å². The molecule has 0 aliphatic heterocycles. The summed E-state index contributed by atoms with van der Waals surface area (Å²) in [4.78, 5) is 10.5. The van der Waals surface area contributed by atoms with Crippen LogP contribution >= 0.6 is 0 Å². The van der Waals surface area contributed by atoms with E-state index >= 15 is 0 Å². The number of ketones is 1. The van der Waals surface area contributed by atoms with Gasteiger partial charge in [-0.05, 0) is 18.3 Å². The molecule has 0 aromatic rings. The van der Waals surface area contributed by atoms with E-state index < -0.39 is 0 Å². The molecule has 1 nitrogen and oxygen atoms in total. The fourth-order valence-electron chi connectivity index (χ4n) is 1.82. The lowest BCUT2D eigenvalue weighted by Gasteiger charge is -2.47. The highest BCUT2D eigenvalue weighted by atomic mass is 16.1. The first kappa shape index (κ1) is 4.54. The van der Waals surface area contributed by atoms with Gasteiger partial charge in [-0.3, -0.25) is 4.79 Å². The molecule has 1 spiro atoms. The van der Waals surface area contributed by atoms with Gasteiger partial charge in [0.15, 0.2) is 0 Å². The second-order valence-corrected chi connectivity index (χ2v) is 3.25. The van der Waals surface area contributed by atoms with E-state index in [0.717, 1.165) is 12.8 Å². The summed E-state index contributed by atoms with van der Waals surface area (Å²) in [6, 6.07) is 0. The molecule has 0 amide bonds. The van der Waals surface area contributed by atoms with E-state index in [1.807, 2.05) is 0 Å². The molecule has 44 valence electrons. The monoisotopic (exact) mass is 110 g/mol. The minimum Gasteiger partial charge on any atom is -0.300 e. The number of carbonyl (C=O) groups is 1. The van der Waals surface area contributed by atoms with Gasteiger partial charge in [-0.1, -0.05) is 6.42 Å². The number of Topliss-reactive ketones (excluding diaryl/α,β-unsaturated/α-hetero) is 1. The van der Waals surface area contributed by atoms with Crippen molar-refractivity contribution in [1.29, 1.82) is 0 Å². The van der Waals surface area contributed by atoms with Crippen LogP contribution in [-0.4, -0.2) is 5.78 Å². The number of rotatable bonds is 0. The van der Waals surface area contributed by atoms with Crippen LogP contribution in [0.2, 0.25) is 0 Å². The van der Waals surface area contributed by atoms with Crippen molar-refractivity contribution in [1.82, 2.24) is 0 Å². The molecular formula is C7H10O. The average molecular weight is 110 g/mol. The highest BCUT2D eigenvalue weighted by molar-refractivity contribution is 5.86. The Hall–Kier alpha value is -0.330. The van der Waals surface area contributed by atoms with Crippen molar-refractivity contribution in [2.24, 2.45) is 5.41 Å². The maximum Gasteiger partial charge on any atom is 0.134 e. The quantitative estimate of drug-likeness (QED) is 0.462. The zero-order valence-electron chi connectivity index (χ0n) is 4.94. The minimum atomic E-state index is 0.490. The molecule has 0 aromatic carbocycles. The van der Waals surface area contributed by atoms with Crippen LogP contribution in [0, 0.1) is 5.41 Å². The standard InChI is InChI=1S/C7H10O/c8-6-4-7(5-6)2-1-3-7/h1-5H2. The summed E-state index contributed by atoms with van der Waals surface area (Å²) in [5.41, 5.74) is 0.567. The molecule has 2 saturated carbocycles. The van der Waals surface area contributed by atoms with E-state index in [4.69, 9.17) is 0 Å². The third-order valence-electron chi connectivity index (χ3n) is 2.56. The van der Waals surface area contributed by atoms with Gasteiger partial charge in [-0.2, -0.15) is 0 Å². The SMILES string of the molecule is O=C1CC2(CCC2)C1. The summed E-state index contributed by atoms with van der Waals surface area (Å²) in [6.07, 6.45) is 5.85. The first-order chi connectivity index (χ1) is 3.81. The Bertz CT molecular complexity index is 123. The van der Waals surface area contributed by atoms with E-state index in [-0.39, 0.29) is 0 Å². The minimum absolute atomic E-state index is 0.490. The molecule has 0 N–H and O–H groups in total. The summed E-state index contributed by atoms with van der Waals surface area (Å²) in [7, 11) is 0. The van der Waals surface area contributed by atoms with Gasteiger partial charge in [-0.15, -0.1) is 0 Å². The van der Waals surface area contributed by atoms with Crippen molar-refractivity contribution in [3.05, 3.63) is 0 Å².